The molecule has 4 heteroatoms. The molecule has 13 heavy (non-hydrogen) atoms. The number of nitriles is 1. The Labute approximate surface area is 83.2 Å². The van der Waals surface area contributed by atoms with Crippen molar-refractivity contribution in [1.82, 2.24) is 0 Å². The van der Waals surface area contributed by atoms with Crippen molar-refractivity contribution in [3.63, 3.8) is 0 Å². The summed E-state index contributed by atoms with van der Waals surface area (Å²) >= 11 is 5.19. The molecule has 0 heterocycles. The van der Waals surface area contributed by atoms with Crippen molar-refractivity contribution in [1.29, 1.82) is 10.7 Å². The molecule has 72 valence electrons. The smallest absolute Gasteiger partial charge is 0.244 e. The molecule has 0 spiro atoms. The number of carbonyl (C=O) groups is 1. The lowest BCUT2D eigenvalue weighted by molar-refractivity contribution is -0.112. The molecule has 0 aliphatic heterocycles. The highest BCUT2D eigenvalue weighted by Gasteiger charge is 2.25. The average molecular weight is 201 g/mol. The largest absolute Gasteiger partial charge is 0.307 e. The van der Waals surface area contributed by atoms with Crippen LogP contribution in [0.15, 0.2) is 0 Å². The van der Waals surface area contributed by atoms with Gasteiger partial charge in [-0.25, -0.2) is 0 Å². The first-order valence-electron chi connectivity index (χ1n) is 4.25. The summed E-state index contributed by atoms with van der Waals surface area (Å²) in [6.45, 7) is 3.85. The van der Waals surface area contributed by atoms with Crippen LogP contribution in [-0.2, 0) is 4.79 Å². The van der Waals surface area contributed by atoms with Gasteiger partial charge in [0.2, 0.25) is 5.24 Å². The van der Waals surface area contributed by atoms with Gasteiger partial charge >= 0.3 is 0 Å². The number of halogens is 1. The van der Waals surface area contributed by atoms with Crippen molar-refractivity contribution in [3.05, 3.63) is 0 Å². The Morgan fingerprint density at radius 3 is 2.23 bits per heavy atom. The average Bonchev–Trinajstić information content (AvgIpc) is 2.07. The summed E-state index contributed by atoms with van der Waals surface area (Å²) in [5.41, 5.74) is 0.146. The van der Waals surface area contributed by atoms with Gasteiger partial charge in [-0.05, 0) is 30.4 Å². The van der Waals surface area contributed by atoms with Crippen molar-refractivity contribution >= 4 is 22.6 Å². The lowest BCUT2D eigenvalue weighted by atomic mass is 9.89. The monoisotopic (exact) mass is 200 g/mol. The van der Waals surface area contributed by atoms with Crippen LogP contribution in [0.2, 0.25) is 0 Å². The first kappa shape index (κ1) is 12.1. The molecule has 0 aliphatic carbocycles. The van der Waals surface area contributed by atoms with Gasteiger partial charge in [-0.3, -0.25) is 4.79 Å². The van der Waals surface area contributed by atoms with Crippen molar-refractivity contribution in [2.24, 2.45) is 11.8 Å². The minimum Gasteiger partial charge on any atom is -0.307 e. The fraction of sp³-hybridized carbons (Fsp3) is 0.667. The van der Waals surface area contributed by atoms with Gasteiger partial charge in [0, 0.05) is 5.71 Å². The molecule has 0 bridgehead atoms. The summed E-state index contributed by atoms with van der Waals surface area (Å²) in [4.78, 5) is 10.8. The van der Waals surface area contributed by atoms with Gasteiger partial charge in [-0.15, -0.1) is 0 Å². The molecule has 3 nitrogen and oxygen atoms in total. The highest BCUT2D eigenvalue weighted by Crippen LogP contribution is 2.16. The van der Waals surface area contributed by atoms with Crippen molar-refractivity contribution < 1.29 is 4.79 Å². The fourth-order valence-electron chi connectivity index (χ4n) is 1.21. The van der Waals surface area contributed by atoms with E-state index in [9.17, 15) is 4.79 Å². The van der Waals surface area contributed by atoms with E-state index in [1.807, 2.05) is 13.8 Å². The van der Waals surface area contributed by atoms with Crippen LogP contribution in [0, 0.1) is 28.6 Å². The third-order valence-corrected chi connectivity index (χ3v) is 2.31. The highest BCUT2D eigenvalue weighted by atomic mass is 35.5. The van der Waals surface area contributed by atoms with Crippen LogP contribution in [0.25, 0.3) is 0 Å². The normalized spacial score (nSPS) is 12.2. The zero-order valence-electron chi connectivity index (χ0n) is 7.80. The van der Waals surface area contributed by atoms with Gasteiger partial charge in [-0.1, -0.05) is 13.8 Å². The summed E-state index contributed by atoms with van der Waals surface area (Å²) < 4.78 is 0. The minimum absolute atomic E-state index is 0.00708. The van der Waals surface area contributed by atoms with E-state index in [0.717, 1.165) is 12.8 Å². The third-order valence-electron chi connectivity index (χ3n) is 2.09. The van der Waals surface area contributed by atoms with Gasteiger partial charge < -0.3 is 5.41 Å². The van der Waals surface area contributed by atoms with Crippen molar-refractivity contribution in [3.8, 4) is 6.07 Å². The quantitative estimate of drug-likeness (QED) is 0.547. The van der Waals surface area contributed by atoms with Gasteiger partial charge in [-0.2, -0.15) is 5.26 Å². The molecule has 0 amide bonds. The van der Waals surface area contributed by atoms with Crippen LogP contribution < -0.4 is 0 Å². The van der Waals surface area contributed by atoms with E-state index in [4.69, 9.17) is 22.3 Å². The van der Waals surface area contributed by atoms with E-state index < -0.39 is 11.2 Å². The lowest BCUT2D eigenvalue weighted by Crippen LogP contribution is -2.25. The maximum absolute atomic E-state index is 10.8. The number of rotatable bonds is 5. The summed E-state index contributed by atoms with van der Waals surface area (Å²) in [7, 11) is 0. The van der Waals surface area contributed by atoms with Crippen molar-refractivity contribution in [2.45, 2.75) is 26.7 Å². The van der Waals surface area contributed by atoms with Crippen LogP contribution in [0.1, 0.15) is 26.7 Å². The maximum atomic E-state index is 10.8. The molecule has 0 aromatic carbocycles. The topological polar surface area (TPSA) is 64.7 Å². The molecule has 0 aliphatic rings. The van der Waals surface area contributed by atoms with Crippen LogP contribution in [0.5, 0.6) is 0 Å². The second-order valence-electron chi connectivity index (χ2n) is 2.83. The fourth-order valence-corrected chi connectivity index (χ4v) is 1.37. The summed E-state index contributed by atoms with van der Waals surface area (Å²) in [5.74, 6) is -1.07. The summed E-state index contributed by atoms with van der Waals surface area (Å²) in [6, 6.07) is 1.74. The first-order valence-corrected chi connectivity index (χ1v) is 4.63. The standard InChI is InChI=1S/C9H13ClN2O/c1-3-6(4-2)8(12)7(5-11)9(10)13/h6-7,12H,3-4H2,1-2H3. The zero-order chi connectivity index (χ0) is 10.4. The van der Waals surface area contributed by atoms with E-state index in [2.05, 4.69) is 0 Å². The second-order valence-corrected chi connectivity index (χ2v) is 3.21. The molecule has 1 unspecified atom stereocenters. The van der Waals surface area contributed by atoms with E-state index in [-0.39, 0.29) is 11.6 Å². The van der Waals surface area contributed by atoms with Crippen LogP contribution >= 0.6 is 11.6 Å². The number of nitrogens with zero attached hydrogens (tertiary/aromatic N) is 1. The molecular weight excluding hydrogens is 188 g/mol. The predicted octanol–water partition coefficient (Wildman–Crippen LogP) is 2.35. The Hall–Kier alpha value is -0.880. The van der Waals surface area contributed by atoms with Crippen LogP contribution in [0.4, 0.5) is 0 Å². The zero-order valence-corrected chi connectivity index (χ0v) is 8.56. The van der Waals surface area contributed by atoms with Gasteiger partial charge in [0.1, 0.15) is 0 Å². The van der Waals surface area contributed by atoms with Gasteiger partial charge in [0.05, 0.1) is 6.07 Å². The Kier molecular flexibility index (Phi) is 5.33. The molecular formula is C9H13ClN2O. The summed E-state index contributed by atoms with van der Waals surface area (Å²) in [5, 5.41) is 15.5. The Morgan fingerprint density at radius 2 is 2.00 bits per heavy atom. The second kappa shape index (κ2) is 5.71. The molecule has 0 rings (SSSR count). The SMILES string of the molecule is CCC(CC)C(=N)C(C#N)C(=O)Cl. The molecule has 1 atom stereocenters. The van der Waals surface area contributed by atoms with Crippen molar-refractivity contribution in [2.75, 3.05) is 0 Å². The first-order chi connectivity index (χ1) is 6.08. The maximum Gasteiger partial charge on any atom is 0.244 e. The number of hydrogen-bond acceptors (Lipinski definition) is 3. The summed E-state index contributed by atoms with van der Waals surface area (Å²) in [6.07, 6.45) is 1.52. The van der Waals surface area contributed by atoms with E-state index in [1.54, 1.807) is 6.07 Å². The van der Waals surface area contributed by atoms with E-state index in [1.165, 1.54) is 0 Å². The molecule has 0 aromatic rings. The molecule has 0 saturated carbocycles. The Bertz CT molecular complexity index is 240. The molecule has 0 saturated heterocycles. The van der Waals surface area contributed by atoms with Crippen LogP contribution in [0.3, 0.4) is 0 Å². The predicted molar refractivity (Wildman–Crippen MR) is 51.8 cm³/mol. The molecule has 0 radical (unpaired) electrons. The lowest BCUT2D eigenvalue weighted by Gasteiger charge is -2.15. The van der Waals surface area contributed by atoms with Gasteiger partial charge in [0.25, 0.3) is 0 Å². The van der Waals surface area contributed by atoms with Gasteiger partial charge in [0.15, 0.2) is 5.92 Å². The molecule has 0 aromatic heterocycles. The number of nitrogens with one attached hydrogen (secondary N) is 1. The molecule has 1 N–H and O–H groups in total. The third kappa shape index (κ3) is 3.16. The number of hydrogen-bond donors (Lipinski definition) is 1. The molecule has 0 fully saturated rings. The van der Waals surface area contributed by atoms with E-state index >= 15 is 0 Å². The van der Waals surface area contributed by atoms with E-state index in [0.29, 0.717) is 0 Å². The Balaban J connectivity index is 4.56. The highest BCUT2D eigenvalue weighted by molar-refractivity contribution is 6.66. The minimum atomic E-state index is -1.06. The number of carbonyl (C=O) groups excluding carboxylic acids is 1. The Morgan fingerprint density at radius 1 is 1.54 bits per heavy atom. The van der Waals surface area contributed by atoms with Crippen LogP contribution in [-0.4, -0.2) is 11.0 Å².